The van der Waals surface area contributed by atoms with Crippen molar-refractivity contribution in [2.24, 2.45) is 10.9 Å². The van der Waals surface area contributed by atoms with Crippen LogP contribution >= 0.6 is 35.3 Å². The Morgan fingerprint density at radius 1 is 1.25 bits per heavy atom. The van der Waals surface area contributed by atoms with Gasteiger partial charge in [-0.15, -0.1) is 35.3 Å². The lowest BCUT2D eigenvalue weighted by molar-refractivity contribution is 0.0931. The summed E-state index contributed by atoms with van der Waals surface area (Å²) in [6, 6.07) is 10.3. The first kappa shape index (κ1) is 24.8. The summed E-state index contributed by atoms with van der Waals surface area (Å²) in [7, 11) is 1.80. The quantitative estimate of drug-likeness (QED) is 0.283. The summed E-state index contributed by atoms with van der Waals surface area (Å²) in [5.41, 5.74) is 2.43. The summed E-state index contributed by atoms with van der Waals surface area (Å²) >= 11 is 1.80. The number of aliphatic imine (C=N–C) groups is 1. The molecule has 5 nitrogen and oxygen atoms in total. The Morgan fingerprint density at radius 3 is 2.64 bits per heavy atom. The zero-order valence-electron chi connectivity index (χ0n) is 17.3. The van der Waals surface area contributed by atoms with Gasteiger partial charge in [0.05, 0.1) is 23.9 Å². The Labute approximate surface area is 190 Å². The standard InChI is InChI=1S/C21H32N4OS.HI/c1-5-19-17(3)27-20(25-19)11-12-23-21(22-4)24-13-16(2)14-26-15-18-9-7-6-8-10-18;/h6-10,16H,5,11-15H2,1-4H3,(H2,22,23,24);1H. The van der Waals surface area contributed by atoms with Gasteiger partial charge in [0.25, 0.3) is 0 Å². The zero-order valence-corrected chi connectivity index (χ0v) is 20.5. The monoisotopic (exact) mass is 516 g/mol. The van der Waals surface area contributed by atoms with E-state index in [0.29, 0.717) is 12.5 Å². The number of nitrogens with zero attached hydrogens (tertiary/aromatic N) is 2. The highest BCUT2D eigenvalue weighted by atomic mass is 127. The van der Waals surface area contributed by atoms with Crippen LogP contribution in [0, 0.1) is 12.8 Å². The number of halogens is 1. The number of aryl methyl sites for hydroxylation is 2. The number of thiazole rings is 1. The molecule has 1 atom stereocenters. The number of nitrogens with one attached hydrogen (secondary N) is 2. The van der Waals surface area contributed by atoms with Gasteiger partial charge in [-0.1, -0.05) is 44.2 Å². The van der Waals surface area contributed by atoms with Crippen LogP contribution in [0.15, 0.2) is 35.3 Å². The fourth-order valence-electron chi connectivity index (χ4n) is 2.71. The molecule has 0 bridgehead atoms. The smallest absolute Gasteiger partial charge is 0.191 e. The number of hydrogen-bond donors (Lipinski definition) is 2. The molecule has 1 aromatic carbocycles. The highest BCUT2D eigenvalue weighted by Crippen LogP contribution is 2.17. The second-order valence-electron chi connectivity index (χ2n) is 6.70. The topological polar surface area (TPSA) is 58.5 Å². The molecule has 0 aliphatic rings. The highest BCUT2D eigenvalue weighted by molar-refractivity contribution is 14.0. The Morgan fingerprint density at radius 2 is 2.00 bits per heavy atom. The van der Waals surface area contributed by atoms with Gasteiger partial charge < -0.3 is 15.4 Å². The Balaban J connectivity index is 0.00000392. The fraction of sp³-hybridized carbons (Fsp3) is 0.524. The van der Waals surface area contributed by atoms with Crippen LogP contribution < -0.4 is 10.6 Å². The molecule has 0 saturated heterocycles. The van der Waals surface area contributed by atoms with E-state index in [-0.39, 0.29) is 24.0 Å². The molecule has 2 N–H and O–H groups in total. The first-order valence-corrected chi connectivity index (χ1v) is 10.4. The van der Waals surface area contributed by atoms with Gasteiger partial charge in [-0.2, -0.15) is 0 Å². The van der Waals surface area contributed by atoms with E-state index in [0.717, 1.165) is 38.5 Å². The molecule has 2 aromatic rings. The molecule has 0 aliphatic carbocycles. The number of ether oxygens (including phenoxy) is 1. The lowest BCUT2D eigenvalue weighted by Gasteiger charge is -2.16. The van der Waals surface area contributed by atoms with Gasteiger partial charge in [-0.05, 0) is 24.8 Å². The molecular formula is C21H33IN4OS. The van der Waals surface area contributed by atoms with Crippen molar-refractivity contribution >= 4 is 41.3 Å². The third-order valence-electron chi connectivity index (χ3n) is 4.26. The molecule has 0 saturated carbocycles. The van der Waals surface area contributed by atoms with Gasteiger partial charge in [0, 0.05) is 31.4 Å². The minimum absolute atomic E-state index is 0. The van der Waals surface area contributed by atoms with E-state index in [2.05, 4.69) is 53.5 Å². The summed E-state index contributed by atoms with van der Waals surface area (Å²) in [6.07, 6.45) is 1.92. The summed E-state index contributed by atoms with van der Waals surface area (Å²) < 4.78 is 5.80. The van der Waals surface area contributed by atoms with Crippen LogP contribution in [0.3, 0.4) is 0 Å². The van der Waals surface area contributed by atoms with Crippen molar-refractivity contribution < 1.29 is 4.74 Å². The summed E-state index contributed by atoms with van der Waals surface area (Å²) in [5, 5.41) is 7.93. The molecule has 2 rings (SSSR count). The lowest BCUT2D eigenvalue weighted by atomic mass is 10.2. The van der Waals surface area contributed by atoms with Crippen molar-refractivity contribution in [3.63, 3.8) is 0 Å². The van der Waals surface area contributed by atoms with E-state index in [9.17, 15) is 0 Å². The van der Waals surface area contributed by atoms with E-state index < -0.39 is 0 Å². The molecule has 0 radical (unpaired) electrons. The largest absolute Gasteiger partial charge is 0.376 e. The molecule has 0 amide bonds. The minimum atomic E-state index is 0. The van der Waals surface area contributed by atoms with Gasteiger partial charge in [-0.25, -0.2) is 4.98 Å². The van der Waals surface area contributed by atoms with E-state index in [1.165, 1.54) is 21.1 Å². The van der Waals surface area contributed by atoms with E-state index in [1.807, 2.05) is 18.2 Å². The Bertz CT molecular complexity index is 706. The predicted octanol–water partition coefficient (Wildman–Crippen LogP) is 4.19. The molecule has 1 heterocycles. The van der Waals surface area contributed by atoms with Crippen LogP contribution in [0.25, 0.3) is 0 Å². The van der Waals surface area contributed by atoms with E-state index in [4.69, 9.17) is 4.74 Å². The second kappa shape index (κ2) is 13.9. The van der Waals surface area contributed by atoms with Crippen LogP contribution in [0.2, 0.25) is 0 Å². The van der Waals surface area contributed by atoms with Crippen LogP contribution in [0.5, 0.6) is 0 Å². The number of benzene rings is 1. The molecule has 1 aromatic heterocycles. The van der Waals surface area contributed by atoms with E-state index in [1.54, 1.807) is 18.4 Å². The summed E-state index contributed by atoms with van der Waals surface area (Å²) in [4.78, 5) is 10.3. The SMILES string of the molecule is CCc1nc(CCNC(=NC)NCC(C)COCc2ccccc2)sc1C.I. The lowest BCUT2D eigenvalue weighted by Crippen LogP contribution is -2.40. The van der Waals surface area contributed by atoms with Crippen molar-refractivity contribution in [2.75, 3.05) is 26.7 Å². The molecule has 28 heavy (non-hydrogen) atoms. The maximum Gasteiger partial charge on any atom is 0.191 e. The molecule has 156 valence electrons. The average Bonchev–Trinajstić information content (AvgIpc) is 3.05. The van der Waals surface area contributed by atoms with Crippen molar-refractivity contribution in [3.05, 3.63) is 51.5 Å². The van der Waals surface area contributed by atoms with Crippen molar-refractivity contribution in [1.29, 1.82) is 0 Å². The molecule has 0 aliphatic heterocycles. The van der Waals surface area contributed by atoms with Crippen molar-refractivity contribution in [2.45, 2.75) is 40.2 Å². The van der Waals surface area contributed by atoms with Gasteiger partial charge in [0.15, 0.2) is 5.96 Å². The third-order valence-corrected chi connectivity index (χ3v) is 5.33. The third kappa shape index (κ3) is 8.87. The highest BCUT2D eigenvalue weighted by Gasteiger charge is 2.07. The van der Waals surface area contributed by atoms with Crippen LogP contribution in [0.1, 0.15) is 35.0 Å². The van der Waals surface area contributed by atoms with Gasteiger partial charge in [-0.3, -0.25) is 4.99 Å². The maximum absolute atomic E-state index is 5.80. The number of rotatable bonds is 10. The van der Waals surface area contributed by atoms with Crippen LogP contribution in [-0.4, -0.2) is 37.7 Å². The normalized spacial score (nSPS) is 12.4. The summed E-state index contributed by atoms with van der Waals surface area (Å²) in [5.74, 6) is 1.23. The van der Waals surface area contributed by atoms with Crippen molar-refractivity contribution in [1.82, 2.24) is 15.6 Å². The van der Waals surface area contributed by atoms with E-state index >= 15 is 0 Å². The van der Waals surface area contributed by atoms with Crippen LogP contribution in [-0.2, 0) is 24.2 Å². The average molecular weight is 516 g/mol. The molecular weight excluding hydrogens is 483 g/mol. The molecule has 0 fully saturated rings. The van der Waals surface area contributed by atoms with Crippen molar-refractivity contribution in [3.8, 4) is 0 Å². The maximum atomic E-state index is 5.80. The molecule has 0 spiro atoms. The zero-order chi connectivity index (χ0) is 19.5. The minimum Gasteiger partial charge on any atom is -0.376 e. The van der Waals surface area contributed by atoms with Gasteiger partial charge >= 0.3 is 0 Å². The molecule has 1 unspecified atom stereocenters. The van der Waals surface area contributed by atoms with Crippen LogP contribution in [0.4, 0.5) is 0 Å². The predicted molar refractivity (Wildman–Crippen MR) is 130 cm³/mol. The number of guanidine groups is 1. The number of aromatic nitrogens is 1. The number of hydrogen-bond acceptors (Lipinski definition) is 4. The second-order valence-corrected chi connectivity index (χ2v) is 7.99. The Hall–Kier alpha value is -1.19. The fourth-order valence-corrected chi connectivity index (χ4v) is 3.73. The first-order valence-electron chi connectivity index (χ1n) is 9.63. The Kier molecular flexibility index (Phi) is 12.3. The van der Waals surface area contributed by atoms with Gasteiger partial charge in [0.1, 0.15) is 0 Å². The van der Waals surface area contributed by atoms with Gasteiger partial charge in [0.2, 0.25) is 0 Å². The summed E-state index contributed by atoms with van der Waals surface area (Å²) in [6.45, 7) is 9.51. The first-order chi connectivity index (χ1) is 13.1. The molecule has 7 heteroatoms.